The summed E-state index contributed by atoms with van der Waals surface area (Å²) in [5, 5.41) is 3.61. The van der Waals surface area contributed by atoms with Crippen molar-refractivity contribution < 1.29 is 9.18 Å². The van der Waals surface area contributed by atoms with Crippen LogP contribution in [0.5, 0.6) is 0 Å². The smallest absolute Gasteiger partial charge is 0.233 e. The average Bonchev–Trinajstić information content (AvgIpc) is 2.54. The molecule has 0 radical (unpaired) electrons. The zero-order chi connectivity index (χ0) is 15.5. The van der Waals surface area contributed by atoms with Crippen molar-refractivity contribution in [3.8, 4) is 0 Å². The fourth-order valence-corrected chi connectivity index (χ4v) is 2.81. The number of amides is 1. The van der Waals surface area contributed by atoms with Crippen molar-refractivity contribution in [2.45, 2.75) is 0 Å². The first-order chi connectivity index (χ1) is 10.7. The maximum absolute atomic E-state index is 13.3. The van der Waals surface area contributed by atoms with Crippen LogP contribution < -0.4 is 10.2 Å². The topological polar surface area (TPSA) is 48.5 Å². The Morgan fingerprint density at radius 2 is 2.05 bits per heavy atom. The summed E-state index contributed by atoms with van der Waals surface area (Å²) < 4.78 is 13.3. The van der Waals surface area contributed by atoms with Gasteiger partial charge in [-0.2, -0.15) is 0 Å². The molecule has 1 aromatic heterocycles. The first kappa shape index (κ1) is 14.7. The molecule has 3 rings (SSSR count). The number of piperazine rings is 1. The van der Waals surface area contributed by atoms with E-state index in [-0.39, 0.29) is 11.7 Å². The highest BCUT2D eigenvalue weighted by molar-refractivity contribution is 5.91. The van der Waals surface area contributed by atoms with Crippen LogP contribution >= 0.6 is 0 Å². The Hall–Kier alpha value is -2.21. The quantitative estimate of drug-likeness (QED) is 0.927. The van der Waals surface area contributed by atoms with E-state index in [2.05, 4.69) is 20.1 Å². The summed E-state index contributed by atoms with van der Waals surface area (Å²) >= 11 is 0. The molecule has 2 aromatic rings. The summed E-state index contributed by atoms with van der Waals surface area (Å²) in [6, 6.07) is 6.68. The third kappa shape index (κ3) is 3.01. The summed E-state index contributed by atoms with van der Waals surface area (Å²) in [7, 11) is 1.65. The molecule has 0 saturated carbocycles. The lowest BCUT2D eigenvalue weighted by Crippen LogP contribution is -2.49. The second-order valence-corrected chi connectivity index (χ2v) is 5.43. The molecule has 1 fully saturated rings. The van der Waals surface area contributed by atoms with Crippen molar-refractivity contribution in [2.24, 2.45) is 0 Å². The highest BCUT2D eigenvalue weighted by Gasteiger charge is 2.20. The van der Waals surface area contributed by atoms with Crippen LogP contribution in [-0.2, 0) is 4.79 Å². The van der Waals surface area contributed by atoms with Gasteiger partial charge in [-0.1, -0.05) is 0 Å². The van der Waals surface area contributed by atoms with Gasteiger partial charge in [0.05, 0.1) is 12.1 Å². The van der Waals surface area contributed by atoms with Crippen LogP contribution in [0.2, 0.25) is 0 Å². The molecule has 116 valence electrons. The minimum Gasteiger partial charge on any atom is -0.368 e. The molecule has 1 amide bonds. The SMILES string of the molecule is CNC(=O)CN1CCN(c2ccnc3cc(F)ccc23)CC1. The molecule has 0 unspecified atom stereocenters. The average molecular weight is 302 g/mol. The van der Waals surface area contributed by atoms with E-state index in [0.29, 0.717) is 12.1 Å². The maximum Gasteiger partial charge on any atom is 0.233 e. The van der Waals surface area contributed by atoms with Gasteiger partial charge in [0, 0.05) is 56.6 Å². The van der Waals surface area contributed by atoms with E-state index in [0.717, 1.165) is 37.3 Å². The van der Waals surface area contributed by atoms with Crippen LogP contribution in [-0.4, -0.2) is 55.6 Å². The van der Waals surface area contributed by atoms with Crippen molar-refractivity contribution in [1.29, 1.82) is 0 Å². The molecule has 5 nitrogen and oxygen atoms in total. The van der Waals surface area contributed by atoms with E-state index < -0.39 is 0 Å². The molecule has 22 heavy (non-hydrogen) atoms. The molecule has 1 N–H and O–H groups in total. The zero-order valence-electron chi connectivity index (χ0n) is 12.6. The third-order valence-corrected chi connectivity index (χ3v) is 4.04. The molecular weight excluding hydrogens is 283 g/mol. The highest BCUT2D eigenvalue weighted by Crippen LogP contribution is 2.26. The first-order valence-corrected chi connectivity index (χ1v) is 7.39. The number of likely N-dealkylation sites (N-methyl/N-ethyl adjacent to an activating group) is 1. The lowest BCUT2D eigenvalue weighted by molar-refractivity contribution is -0.121. The van der Waals surface area contributed by atoms with Gasteiger partial charge in [0.15, 0.2) is 0 Å². The summed E-state index contributed by atoms with van der Waals surface area (Å²) in [6.07, 6.45) is 1.72. The molecule has 1 saturated heterocycles. The Morgan fingerprint density at radius 1 is 1.27 bits per heavy atom. The molecule has 0 atom stereocenters. The van der Waals surface area contributed by atoms with Crippen molar-refractivity contribution in [3.05, 3.63) is 36.3 Å². The second kappa shape index (κ2) is 6.27. The van der Waals surface area contributed by atoms with Crippen molar-refractivity contribution in [1.82, 2.24) is 15.2 Å². The number of carbonyl (C=O) groups excluding carboxylic acids is 1. The Balaban J connectivity index is 1.75. The van der Waals surface area contributed by atoms with Crippen LogP contribution in [0.3, 0.4) is 0 Å². The van der Waals surface area contributed by atoms with Gasteiger partial charge in [0.25, 0.3) is 0 Å². The fraction of sp³-hybridized carbons (Fsp3) is 0.375. The summed E-state index contributed by atoms with van der Waals surface area (Å²) in [5.41, 5.74) is 1.75. The fourth-order valence-electron chi connectivity index (χ4n) is 2.81. The molecule has 0 aliphatic carbocycles. The number of carbonyl (C=O) groups is 1. The van der Waals surface area contributed by atoms with Gasteiger partial charge in [-0.3, -0.25) is 14.7 Å². The molecule has 0 bridgehead atoms. The minimum absolute atomic E-state index is 0.0401. The number of hydrogen-bond acceptors (Lipinski definition) is 4. The van der Waals surface area contributed by atoms with Crippen LogP contribution in [0, 0.1) is 5.82 Å². The van der Waals surface area contributed by atoms with Gasteiger partial charge < -0.3 is 10.2 Å². The van der Waals surface area contributed by atoms with Crippen molar-refractivity contribution in [2.75, 3.05) is 44.7 Å². The second-order valence-electron chi connectivity index (χ2n) is 5.43. The number of hydrogen-bond donors (Lipinski definition) is 1. The minimum atomic E-state index is -0.271. The van der Waals surface area contributed by atoms with E-state index in [9.17, 15) is 9.18 Å². The number of pyridine rings is 1. The molecule has 1 aromatic carbocycles. The van der Waals surface area contributed by atoms with E-state index in [1.807, 2.05) is 6.07 Å². The number of benzene rings is 1. The zero-order valence-corrected chi connectivity index (χ0v) is 12.6. The standard InChI is InChI=1S/C16H19FN4O/c1-18-16(22)11-20-6-8-21(9-7-20)15-4-5-19-14-10-12(17)2-3-13(14)15/h2-5,10H,6-9,11H2,1H3,(H,18,22). The molecule has 1 aliphatic rings. The number of fused-ring (bicyclic) bond motifs is 1. The molecule has 6 heteroatoms. The van der Waals surface area contributed by atoms with Gasteiger partial charge in [0.1, 0.15) is 5.82 Å². The highest BCUT2D eigenvalue weighted by atomic mass is 19.1. The Morgan fingerprint density at radius 3 is 2.77 bits per heavy atom. The van der Waals surface area contributed by atoms with Crippen LogP contribution in [0.4, 0.5) is 10.1 Å². The third-order valence-electron chi connectivity index (χ3n) is 4.04. The number of anilines is 1. The van der Waals surface area contributed by atoms with E-state index >= 15 is 0 Å². The Labute approximate surface area is 128 Å². The summed E-state index contributed by atoms with van der Waals surface area (Å²) in [4.78, 5) is 20.1. The number of nitrogens with one attached hydrogen (secondary N) is 1. The lowest BCUT2D eigenvalue weighted by Gasteiger charge is -2.36. The molecule has 0 spiro atoms. The summed E-state index contributed by atoms with van der Waals surface area (Å²) in [5.74, 6) is -0.231. The lowest BCUT2D eigenvalue weighted by atomic mass is 10.1. The van der Waals surface area contributed by atoms with Crippen LogP contribution in [0.15, 0.2) is 30.5 Å². The van der Waals surface area contributed by atoms with Crippen molar-refractivity contribution >= 4 is 22.5 Å². The Kier molecular flexibility index (Phi) is 4.20. The van der Waals surface area contributed by atoms with Crippen molar-refractivity contribution in [3.63, 3.8) is 0 Å². The van der Waals surface area contributed by atoms with Gasteiger partial charge in [-0.25, -0.2) is 4.39 Å². The first-order valence-electron chi connectivity index (χ1n) is 7.39. The number of nitrogens with zero attached hydrogens (tertiary/aromatic N) is 3. The van der Waals surface area contributed by atoms with Gasteiger partial charge in [0.2, 0.25) is 5.91 Å². The monoisotopic (exact) mass is 302 g/mol. The molecule has 2 heterocycles. The normalized spacial score (nSPS) is 16.0. The molecular formula is C16H19FN4O. The van der Waals surface area contributed by atoms with Gasteiger partial charge in [-0.15, -0.1) is 0 Å². The van der Waals surface area contributed by atoms with Crippen LogP contribution in [0.25, 0.3) is 10.9 Å². The summed E-state index contributed by atoms with van der Waals surface area (Å²) in [6.45, 7) is 3.78. The predicted octanol–water partition coefficient (Wildman–Crippen LogP) is 1.24. The van der Waals surface area contributed by atoms with Crippen LogP contribution in [0.1, 0.15) is 0 Å². The van der Waals surface area contributed by atoms with E-state index in [1.165, 1.54) is 12.1 Å². The number of rotatable bonds is 3. The maximum atomic E-state index is 13.3. The van der Waals surface area contributed by atoms with Gasteiger partial charge >= 0.3 is 0 Å². The van der Waals surface area contributed by atoms with E-state index in [4.69, 9.17) is 0 Å². The number of aromatic nitrogens is 1. The largest absolute Gasteiger partial charge is 0.368 e. The van der Waals surface area contributed by atoms with Gasteiger partial charge in [-0.05, 0) is 18.2 Å². The van der Waals surface area contributed by atoms with E-state index in [1.54, 1.807) is 19.3 Å². The predicted molar refractivity (Wildman–Crippen MR) is 84.4 cm³/mol. The molecule has 1 aliphatic heterocycles. The Bertz CT molecular complexity index is 683. The number of halogens is 1.